The predicted octanol–water partition coefficient (Wildman–Crippen LogP) is 2.15. The molecule has 0 bridgehead atoms. The molecule has 1 aliphatic rings. The third-order valence-electron chi connectivity index (χ3n) is 3.40. The topological polar surface area (TPSA) is 54.5 Å². The molecule has 1 aromatic rings. The van der Waals surface area contributed by atoms with Crippen molar-refractivity contribution in [3.8, 4) is 0 Å². The number of methoxy groups -OCH3 is 1. The number of aromatic nitrogens is 1. The van der Waals surface area contributed by atoms with Gasteiger partial charge in [-0.3, -0.25) is 4.79 Å². The fraction of sp³-hybridized carbons (Fsp3) is 0.600. The summed E-state index contributed by atoms with van der Waals surface area (Å²) >= 11 is 0. The molecular weight excluding hydrogens is 254 g/mol. The summed E-state index contributed by atoms with van der Waals surface area (Å²) in [6.45, 7) is 5.52. The van der Waals surface area contributed by atoms with Crippen LogP contribution < -0.4 is 5.32 Å². The Kier molecular flexibility index (Phi) is 4.95. The van der Waals surface area contributed by atoms with Crippen molar-refractivity contribution < 1.29 is 9.53 Å². The minimum atomic E-state index is -0.0147. The molecular formula is C15H23N3O2. The summed E-state index contributed by atoms with van der Waals surface area (Å²) in [6, 6.07) is 5.80. The SMILES string of the molecule is COC1CCCN(C(=O)c2cccc(NC(C)C)n2)C1. The summed E-state index contributed by atoms with van der Waals surface area (Å²) in [6.07, 6.45) is 2.14. The Balaban J connectivity index is 2.08. The van der Waals surface area contributed by atoms with Crippen LogP contribution in [0.1, 0.15) is 37.2 Å². The van der Waals surface area contributed by atoms with E-state index in [0.717, 1.165) is 25.2 Å². The van der Waals surface area contributed by atoms with Gasteiger partial charge in [0.05, 0.1) is 6.10 Å². The van der Waals surface area contributed by atoms with E-state index in [1.807, 2.05) is 30.9 Å². The lowest BCUT2D eigenvalue weighted by molar-refractivity contribution is 0.0266. The van der Waals surface area contributed by atoms with Crippen LogP contribution >= 0.6 is 0 Å². The summed E-state index contributed by atoms with van der Waals surface area (Å²) in [4.78, 5) is 18.7. The van der Waals surface area contributed by atoms with Gasteiger partial charge in [-0.05, 0) is 38.8 Å². The summed E-state index contributed by atoms with van der Waals surface area (Å²) in [5, 5.41) is 3.22. The number of nitrogens with one attached hydrogen (secondary N) is 1. The van der Waals surface area contributed by atoms with Gasteiger partial charge in [-0.25, -0.2) is 4.98 Å². The van der Waals surface area contributed by atoms with Crippen LogP contribution in [-0.2, 0) is 4.74 Å². The van der Waals surface area contributed by atoms with Gasteiger partial charge >= 0.3 is 0 Å². The fourth-order valence-corrected chi connectivity index (χ4v) is 2.41. The third-order valence-corrected chi connectivity index (χ3v) is 3.40. The molecule has 0 aliphatic carbocycles. The normalized spacial score (nSPS) is 19.2. The van der Waals surface area contributed by atoms with Crippen molar-refractivity contribution in [3.63, 3.8) is 0 Å². The highest BCUT2D eigenvalue weighted by Crippen LogP contribution is 2.16. The highest BCUT2D eigenvalue weighted by Gasteiger charge is 2.25. The van der Waals surface area contributed by atoms with Crippen LogP contribution in [0.2, 0.25) is 0 Å². The Bertz CT molecular complexity index is 462. The van der Waals surface area contributed by atoms with E-state index in [-0.39, 0.29) is 12.0 Å². The molecule has 5 nitrogen and oxygen atoms in total. The first kappa shape index (κ1) is 14.8. The van der Waals surface area contributed by atoms with Crippen LogP contribution in [0.15, 0.2) is 18.2 Å². The lowest BCUT2D eigenvalue weighted by Gasteiger charge is -2.31. The Labute approximate surface area is 120 Å². The minimum Gasteiger partial charge on any atom is -0.380 e. The van der Waals surface area contributed by atoms with Crippen LogP contribution in [0.25, 0.3) is 0 Å². The van der Waals surface area contributed by atoms with E-state index in [1.165, 1.54) is 0 Å². The van der Waals surface area contributed by atoms with Gasteiger partial charge in [0.2, 0.25) is 0 Å². The molecule has 1 amide bonds. The molecule has 0 radical (unpaired) electrons. The average Bonchev–Trinajstić information content (AvgIpc) is 2.46. The van der Waals surface area contributed by atoms with Crippen molar-refractivity contribution in [2.45, 2.75) is 38.8 Å². The highest BCUT2D eigenvalue weighted by molar-refractivity contribution is 5.92. The summed E-state index contributed by atoms with van der Waals surface area (Å²) in [7, 11) is 1.70. The Morgan fingerprint density at radius 1 is 1.50 bits per heavy atom. The first-order valence-electron chi connectivity index (χ1n) is 7.16. The molecule has 1 aromatic heterocycles. The lowest BCUT2D eigenvalue weighted by Crippen LogP contribution is -2.43. The first-order chi connectivity index (χ1) is 9.60. The number of likely N-dealkylation sites (tertiary alicyclic amines) is 1. The zero-order valence-electron chi connectivity index (χ0n) is 12.4. The number of nitrogens with zero attached hydrogens (tertiary/aromatic N) is 2. The van der Waals surface area contributed by atoms with Gasteiger partial charge in [-0.2, -0.15) is 0 Å². The zero-order chi connectivity index (χ0) is 14.5. The van der Waals surface area contributed by atoms with Crippen LogP contribution in [0, 0.1) is 0 Å². The zero-order valence-corrected chi connectivity index (χ0v) is 12.4. The van der Waals surface area contributed by atoms with E-state index >= 15 is 0 Å². The number of pyridine rings is 1. The van der Waals surface area contributed by atoms with E-state index < -0.39 is 0 Å². The maximum absolute atomic E-state index is 12.5. The molecule has 1 N–H and O–H groups in total. The molecule has 0 saturated carbocycles. The lowest BCUT2D eigenvalue weighted by atomic mass is 10.1. The van der Waals surface area contributed by atoms with Crippen LogP contribution in [-0.4, -0.2) is 48.1 Å². The summed E-state index contributed by atoms with van der Waals surface area (Å²) < 4.78 is 5.36. The Morgan fingerprint density at radius 3 is 3.00 bits per heavy atom. The Hall–Kier alpha value is -1.62. The minimum absolute atomic E-state index is 0.0147. The molecule has 5 heteroatoms. The van der Waals surface area contributed by atoms with Gasteiger partial charge in [0.1, 0.15) is 11.5 Å². The number of anilines is 1. The average molecular weight is 277 g/mol. The number of rotatable bonds is 4. The maximum Gasteiger partial charge on any atom is 0.272 e. The van der Waals surface area contributed by atoms with Crippen molar-refractivity contribution in [1.29, 1.82) is 0 Å². The monoisotopic (exact) mass is 277 g/mol. The van der Waals surface area contributed by atoms with Crippen molar-refractivity contribution in [1.82, 2.24) is 9.88 Å². The molecule has 1 saturated heterocycles. The molecule has 2 heterocycles. The van der Waals surface area contributed by atoms with E-state index in [1.54, 1.807) is 13.2 Å². The van der Waals surface area contributed by atoms with Gasteiger partial charge in [-0.1, -0.05) is 6.07 Å². The number of piperidine rings is 1. The molecule has 110 valence electrons. The van der Waals surface area contributed by atoms with Crippen LogP contribution in [0.5, 0.6) is 0 Å². The number of hydrogen-bond acceptors (Lipinski definition) is 4. The smallest absolute Gasteiger partial charge is 0.272 e. The number of carbonyl (C=O) groups is 1. The molecule has 0 aromatic carbocycles. The van der Waals surface area contributed by atoms with Gasteiger partial charge in [0, 0.05) is 26.2 Å². The number of amides is 1. The summed E-state index contributed by atoms with van der Waals surface area (Å²) in [5.41, 5.74) is 0.493. The van der Waals surface area contributed by atoms with Crippen molar-refractivity contribution in [2.75, 3.05) is 25.5 Å². The molecule has 1 unspecified atom stereocenters. The second-order valence-corrected chi connectivity index (χ2v) is 5.46. The van der Waals surface area contributed by atoms with E-state index in [4.69, 9.17) is 4.74 Å². The number of carbonyl (C=O) groups excluding carboxylic acids is 1. The molecule has 1 aliphatic heterocycles. The molecule has 1 atom stereocenters. The van der Waals surface area contributed by atoms with Crippen molar-refractivity contribution in [2.24, 2.45) is 0 Å². The maximum atomic E-state index is 12.5. The first-order valence-corrected chi connectivity index (χ1v) is 7.16. The number of ether oxygens (including phenoxy) is 1. The van der Waals surface area contributed by atoms with Gasteiger partial charge in [0.15, 0.2) is 0 Å². The van der Waals surface area contributed by atoms with Crippen molar-refractivity contribution >= 4 is 11.7 Å². The Morgan fingerprint density at radius 2 is 2.30 bits per heavy atom. The third kappa shape index (κ3) is 3.70. The second kappa shape index (κ2) is 6.70. The van der Waals surface area contributed by atoms with Crippen LogP contribution in [0.3, 0.4) is 0 Å². The van der Waals surface area contributed by atoms with Crippen LogP contribution in [0.4, 0.5) is 5.82 Å². The van der Waals surface area contributed by atoms with Gasteiger partial charge in [-0.15, -0.1) is 0 Å². The van der Waals surface area contributed by atoms with E-state index in [9.17, 15) is 4.79 Å². The molecule has 2 rings (SSSR count). The molecule has 20 heavy (non-hydrogen) atoms. The fourth-order valence-electron chi connectivity index (χ4n) is 2.41. The van der Waals surface area contributed by atoms with E-state index in [2.05, 4.69) is 10.3 Å². The standard InChI is InChI=1S/C15H23N3O2/c1-11(2)16-14-8-4-7-13(17-14)15(19)18-9-5-6-12(10-18)20-3/h4,7-8,11-12H,5-6,9-10H2,1-3H3,(H,16,17). The predicted molar refractivity (Wildman–Crippen MR) is 78.9 cm³/mol. The van der Waals surface area contributed by atoms with E-state index in [0.29, 0.717) is 18.3 Å². The second-order valence-electron chi connectivity index (χ2n) is 5.46. The number of hydrogen-bond donors (Lipinski definition) is 1. The highest BCUT2D eigenvalue weighted by atomic mass is 16.5. The largest absolute Gasteiger partial charge is 0.380 e. The summed E-state index contributed by atoms with van der Waals surface area (Å²) in [5.74, 6) is 0.727. The van der Waals surface area contributed by atoms with Gasteiger partial charge < -0.3 is 15.0 Å². The van der Waals surface area contributed by atoms with Gasteiger partial charge in [0.25, 0.3) is 5.91 Å². The van der Waals surface area contributed by atoms with Crippen molar-refractivity contribution in [3.05, 3.63) is 23.9 Å². The molecule has 0 spiro atoms. The molecule has 1 fully saturated rings. The quantitative estimate of drug-likeness (QED) is 0.916.